The summed E-state index contributed by atoms with van der Waals surface area (Å²) in [6, 6.07) is 2.54. The van der Waals surface area contributed by atoms with Gasteiger partial charge in [-0.2, -0.15) is 5.10 Å². The second-order valence-corrected chi connectivity index (χ2v) is 5.70. The third kappa shape index (κ3) is 3.12. The Morgan fingerprint density at radius 1 is 1.38 bits per heavy atom. The van der Waals surface area contributed by atoms with Crippen LogP contribution in [0.15, 0.2) is 16.9 Å². The summed E-state index contributed by atoms with van der Waals surface area (Å²) in [6.07, 6.45) is 2.32. The van der Waals surface area contributed by atoms with E-state index in [1.54, 1.807) is 0 Å². The smallest absolute Gasteiger partial charge is 0.329 e. The fraction of sp³-hybridized carbons (Fsp3) is 0.571. The number of aliphatic carboxylic acids is 1. The van der Waals surface area contributed by atoms with Crippen LogP contribution >= 0.6 is 0 Å². The molecule has 0 aliphatic heterocycles. The van der Waals surface area contributed by atoms with Gasteiger partial charge >= 0.3 is 5.97 Å². The maximum Gasteiger partial charge on any atom is 0.329 e. The van der Waals surface area contributed by atoms with Crippen molar-refractivity contribution >= 4 is 11.9 Å². The van der Waals surface area contributed by atoms with Crippen molar-refractivity contribution in [3.63, 3.8) is 0 Å². The SMILES string of the molecule is CC1CCC(NC(=O)c2ccc(=O)n(C)n2)(C(=O)O)CC1. The van der Waals surface area contributed by atoms with Gasteiger partial charge in [0.2, 0.25) is 0 Å². The Morgan fingerprint density at radius 2 is 2.00 bits per heavy atom. The predicted octanol–water partition coefficient (Wildman–Crippen LogP) is 0.544. The monoisotopic (exact) mass is 293 g/mol. The van der Waals surface area contributed by atoms with Gasteiger partial charge in [-0.1, -0.05) is 6.92 Å². The van der Waals surface area contributed by atoms with Gasteiger partial charge in [0, 0.05) is 13.1 Å². The minimum atomic E-state index is -1.24. The topological polar surface area (TPSA) is 101 Å². The molecule has 0 atom stereocenters. The van der Waals surface area contributed by atoms with E-state index in [0.29, 0.717) is 18.8 Å². The molecule has 1 fully saturated rings. The predicted molar refractivity (Wildman–Crippen MR) is 74.9 cm³/mol. The Bertz CT molecular complexity index is 615. The van der Waals surface area contributed by atoms with E-state index in [1.807, 2.05) is 0 Å². The molecule has 7 heteroatoms. The molecule has 0 saturated heterocycles. The number of hydrogen-bond acceptors (Lipinski definition) is 4. The number of amides is 1. The highest BCUT2D eigenvalue weighted by Crippen LogP contribution is 2.32. The summed E-state index contributed by atoms with van der Waals surface area (Å²) in [5.41, 5.74) is -1.53. The fourth-order valence-corrected chi connectivity index (χ4v) is 2.55. The summed E-state index contributed by atoms with van der Waals surface area (Å²) in [5, 5.41) is 15.9. The summed E-state index contributed by atoms with van der Waals surface area (Å²) < 4.78 is 1.05. The molecular weight excluding hydrogens is 274 g/mol. The third-order valence-corrected chi connectivity index (χ3v) is 4.08. The molecule has 2 rings (SSSR count). The molecule has 21 heavy (non-hydrogen) atoms. The van der Waals surface area contributed by atoms with E-state index in [9.17, 15) is 19.5 Å². The lowest BCUT2D eigenvalue weighted by Crippen LogP contribution is -2.56. The number of aromatic nitrogens is 2. The van der Waals surface area contributed by atoms with Gasteiger partial charge in [0.15, 0.2) is 0 Å². The summed E-state index contributed by atoms with van der Waals surface area (Å²) in [4.78, 5) is 35.1. The molecule has 0 bridgehead atoms. The first-order valence-electron chi connectivity index (χ1n) is 6.94. The zero-order valence-electron chi connectivity index (χ0n) is 12.1. The van der Waals surface area contributed by atoms with Crippen molar-refractivity contribution in [2.75, 3.05) is 0 Å². The van der Waals surface area contributed by atoms with Crippen LogP contribution in [-0.2, 0) is 11.8 Å². The van der Waals surface area contributed by atoms with Crippen LogP contribution in [0.3, 0.4) is 0 Å². The van der Waals surface area contributed by atoms with Crippen LogP contribution in [-0.4, -0.2) is 32.3 Å². The number of rotatable bonds is 3. The van der Waals surface area contributed by atoms with Crippen LogP contribution in [0.2, 0.25) is 0 Å². The molecular formula is C14H19N3O4. The number of hydrogen-bond donors (Lipinski definition) is 2. The van der Waals surface area contributed by atoms with Gasteiger partial charge in [-0.25, -0.2) is 9.48 Å². The van der Waals surface area contributed by atoms with Gasteiger partial charge in [-0.15, -0.1) is 0 Å². The average Bonchev–Trinajstić information content (AvgIpc) is 2.44. The number of nitrogens with one attached hydrogen (secondary N) is 1. The van der Waals surface area contributed by atoms with Crippen LogP contribution in [0, 0.1) is 5.92 Å². The lowest BCUT2D eigenvalue weighted by Gasteiger charge is -2.36. The maximum atomic E-state index is 12.2. The van der Waals surface area contributed by atoms with Gasteiger partial charge in [0.25, 0.3) is 11.5 Å². The van der Waals surface area contributed by atoms with E-state index in [-0.39, 0.29) is 11.3 Å². The second-order valence-electron chi connectivity index (χ2n) is 5.70. The highest BCUT2D eigenvalue weighted by molar-refractivity contribution is 5.96. The van der Waals surface area contributed by atoms with Crippen molar-refractivity contribution < 1.29 is 14.7 Å². The highest BCUT2D eigenvalue weighted by atomic mass is 16.4. The second kappa shape index (κ2) is 5.67. The van der Waals surface area contributed by atoms with Gasteiger partial charge in [0.1, 0.15) is 11.2 Å². The molecule has 1 aliphatic carbocycles. The number of carboxylic acids is 1. The minimum Gasteiger partial charge on any atom is -0.480 e. The molecule has 7 nitrogen and oxygen atoms in total. The van der Waals surface area contributed by atoms with Crippen molar-refractivity contribution in [3.8, 4) is 0 Å². The van der Waals surface area contributed by atoms with Crippen molar-refractivity contribution in [2.24, 2.45) is 13.0 Å². The van der Waals surface area contributed by atoms with Crippen LogP contribution in [0.4, 0.5) is 0 Å². The summed E-state index contributed by atoms with van der Waals surface area (Å²) in [6.45, 7) is 2.07. The Hall–Kier alpha value is -2.18. The van der Waals surface area contributed by atoms with Crippen LogP contribution in [0.5, 0.6) is 0 Å². The number of carboxylic acid groups (broad SMARTS) is 1. The standard InChI is InChI=1S/C14H19N3O4/c1-9-5-7-14(8-6-9,13(20)21)15-12(19)10-3-4-11(18)17(2)16-10/h3-4,9H,5-8H2,1-2H3,(H,15,19)(H,20,21). The van der Waals surface area contributed by atoms with E-state index in [1.165, 1.54) is 19.2 Å². The number of carbonyl (C=O) groups is 2. The van der Waals surface area contributed by atoms with E-state index >= 15 is 0 Å². The minimum absolute atomic E-state index is 0.0383. The molecule has 1 aromatic rings. The van der Waals surface area contributed by atoms with Crippen molar-refractivity contribution in [1.29, 1.82) is 0 Å². The molecule has 1 heterocycles. The summed E-state index contributed by atoms with van der Waals surface area (Å²) >= 11 is 0. The summed E-state index contributed by atoms with van der Waals surface area (Å²) in [5.74, 6) is -1.12. The van der Waals surface area contributed by atoms with Gasteiger partial charge in [-0.3, -0.25) is 9.59 Å². The lowest BCUT2D eigenvalue weighted by molar-refractivity contribution is -0.146. The Morgan fingerprint density at radius 3 is 2.52 bits per heavy atom. The van der Waals surface area contributed by atoms with Gasteiger partial charge in [-0.05, 0) is 37.7 Å². The molecule has 0 aromatic carbocycles. The molecule has 114 valence electrons. The molecule has 1 amide bonds. The van der Waals surface area contributed by atoms with E-state index in [4.69, 9.17) is 0 Å². The summed E-state index contributed by atoms with van der Waals surface area (Å²) in [7, 11) is 1.44. The Balaban J connectivity index is 2.21. The molecule has 0 radical (unpaired) electrons. The average molecular weight is 293 g/mol. The molecule has 1 aliphatic rings. The lowest BCUT2D eigenvalue weighted by atomic mass is 9.77. The molecule has 0 unspecified atom stereocenters. The van der Waals surface area contributed by atoms with Gasteiger partial charge in [0.05, 0.1) is 0 Å². The van der Waals surface area contributed by atoms with Crippen LogP contribution < -0.4 is 10.9 Å². The normalized spacial score (nSPS) is 25.3. The third-order valence-electron chi connectivity index (χ3n) is 4.08. The first kappa shape index (κ1) is 15.2. The number of nitrogens with zero attached hydrogens (tertiary/aromatic N) is 2. The van der Waals surface area contributed by atoms with Crippen molar-refractivity contribution in [3.05, 3.63) is 28.2 Å². The number of aryl methyl sites for hydroxylation is 1. The Labute approximate surface area is 122 Å². The van der Waals surface area contributed by atoms with E-state index in [2.05, 4.69) is 17.3 Å². The largest absolute Gasteiger partial charge is 0.480 e. The zero-order valence-corrected chi connectivity index (χ0v) is 12.1. The number of carbonyl (C=O) groups excluding carboxylic acids is 1. The Kier molecular flexibility index (Phi) is 4.11. The first-order chi connectivity index (χ1) is 9.84. The van der Waals surface area contributed by atoms with E-state index in [0.717, 1.165) is 17.5 Å². The van der Waals surface area contributed by atoms with Crippen LogP contribution in [0.25, 0.3) is 0 Å². The van der Waals surface area contributed by atoms with Crippen molar-refractivity contribution in [2.45, 2.75) is 38.1 Å². The molecule has 2 N–H and O–H groups in total. The van der Waals surface area contributed by atoms with Crippen LogP contribution in [0.1, 0.15) is 43.1 Å². The molecule has 0 spiro atoms. The fourth-order valence-electron chi connectivity index (χ4n) is 2.55. The van der Waals surface area contributed by atoms with E-state index < -0.39 is 17.4 Å². The first-order valence-corrected chi connectivity index (χ1v) is 6.94. The maximum absolute atomic E-state index is 12.2. The zero-order chi connectivity index (χ0) is 15.6. The highest BCUT2D eigenvalue weighted by Gasteiger charge is 2.42. The quantitative estimate of drug-likeness (QED) is 0.847. The van der Waals surface area contributed by atoms with Crippen molar-refractivity contribution in [1.82, 2.24) is 15.1 Å². The molecule has 1 saturated carbocycles. The van der Waals surface area contributed by atoms with Gasteiger partial charge < -0.3 is 10.4 Å². The molecule has 1 aromatic heterocycles.